The number of rotatable bonds is 1. The molecule has 0 atom stereocenters. The fourth-order valence-electron chi connectivity index (χ4n) is 0.688. The summed E-state index contributed by atoms with van der Waals surface area (Å²) in [5, 5.41) is 9.47. The summed E-state index contributed by atoms with van der Waals surface area (Å²) in [4.78, 5) is 3.75. The number of aromatic nitrogens is 1. The first kappa shape index (κ1) is 8.14. The summed E-state index contributed by atoms with van der Waals surface area (Å²) in [6.07, 6.45) is 1.31. The highest BCUT2D eigenvalue weighted by molar-refractivity contribution is 6.32. The quantitative estimate of drug-likeness (QED) is 0.704. The number of aromatic hydroxyl groups is 1. The second-order valence-corrected chi connectivity index (χ2v) is 2.47. The molecule has 1 rings (SSSR count). The molecule has 0 saturated carbocycles. The Kier molecular flexibility index (Phi) is 2.19. The smallest absolute Gasteiger partial charge is 0.232 e. The Hall–Kier alpha value is -0.960. The fraction of sp³-hybridized carbons (Fsp3) is 0.286. The minimum atomic E-state index is 0.0794. The van der Waals surface area contributed by atoms with Crippen molar-refractivity contribution in [3.05, 3.63) is 16.8 Å². The first-order valence-electron chi connectivity index (χ1n) is 3.05. The molecule has 0 aliphatic heterocycles. The van der Waals surface area contributed by atoms with Crippen LogP contribution in [0.5, 0.6) is 11.6 Å². The van der Waals surface area contributed by atoms with Gasteiger partial charge >= 0.3 is 0 Å². The highest BCUT2D eigenvalue weighted by Gasteiger charge is 2.07. The Morgan fingerprint density at radius 2 is 2.27 bits per heavy atom. The molecule has 0 aliphatic carbocycles. The van der Waals surface area contributed by atoms with E-state index in [4.69, 9.17) is 21.4 Å². The number of nitrogens with zero attached hydrogens (tertiary/aromatic N) is 1. The van der Waals surface area contributed by atoms with Gasteiger partial charge < -0.3 is 9.84 Å². The van der Waals surface area contributed by atoms with Crippen LogP contribution in [-0.2, 0) is 0 Å². The van der Waals surface area contributed by atoms with Crippen molar-refractivity contribution in [1.29, 1.82) is 0 Å². The summed E-state index contributed by atoms with van der Waals surface area (Å²) in [5.41, 5.74) is 0.582. The van der Waals surface area contributed by atoms with Crippen molar-refractivity contribution < 1.29 is 9.84 Å². The summed E-state index contributed by atoms with van der Waals surface area (Å²) < 4.78 is 4.83. The van der Waals surface area contributed by atoms with E-state index in [-0.39, 0.29) is 5.75 Å². The van der Waals surface area contributed by atoms with Crippen LogP contribution in [0.15, 0.2) is 6.20 Å². The molecule has 1 N–H and O–H groups in total. The summed E-state index contributed by atoms with van der Waals surface area (Å²) in [5.74, 6) is 0.415. The molecule has 0 aromatic carbocycles. The van der Waals surface area contributed by atoms with E-state index >= 15 is 0 Å². The molecule has 0 aliphatic rings. The van der Waals surface area contributed by atoms with Crippen LogP contribution in [0.4, 0.5) is 0 Å². The van der Waals surface area contributed by atoms with Crippen molar-refractivity contribution in [2.75, 3.05) is 7.11 Å². The predicted octanol–water partition coefficient (Wildman–Crippen LogP) is 1.76. The number of pyridine rings is 1. The van der Waals surface area contributed by atoms with Gasteiger partial charge in [0.25, 0.3) is 0 Å². The lowest BCUT2D eigenvalue weighted by Crippen LogP contribution is -1.90. The van der Waals surface area contributed by atoms with Gasteiger partial charge in [-0.15, -0.1) is 0 Å². The largest absolute Gasteiger partial charge is 0.506 e. The highest BCUT2D eigenvalue weighted by atomic mass is 35.5. The number of hydrogen-bond acceptors (Lipinski definition) is 3. The SMILES string of the molecule is COc1ncc(O)c(C)c1Cl. The molecular weight excluding hydrogens is 166 g/mol. The van der Waals surface area contributed by atoms with Crippen LogP contribution in [0.25, 0.3) is 0 Å². The maximum absolute atomic E-state index is 9.12. The predicted molar refractivity (Wildman–Crippen MR) is 42.2 cm³/mol. The lowest BCUT2D eigenvalue weighted by Gasteiger charge is -2.04. The lowest BCUT2D eigenvalue weighted by molar-refractivity contribution is 0.393. The Morgan fingerprint density at radius 3 is 2.82 bits per heavy atom. The van der Waals surface area contributed by atoms with Crippen LogP contribution in [0.3, 0.4) is 0 Å². The average molecular weight is 174 g/mol. The molecule has 1 heterocycles. The molecular formula is C7H8ClNO2. The van der Waals surface area contributed by atoms with Gasteiger partial charge in [-0.2, -0.15) is 0 Å². The standard InChI is InChI=1S/C7H8ClNO2/c1-4-5(10)3-9-7(11-2)6(4)8/h3,10H,1-2H3. The zero-order chi connectivity index (χ0) is 8.43. The number of halogens is 1. The van der Waals surface area contributed by atoms with Crippen molar-refractivity contribution in [2.45, 2.75) is 6.92 Å². The van der Waals surface area contributed by atoms with Gasteiger partial charge in [-0.25, -0.2) is 4.98 Å². The minimum absolute atomic E-state index is 0.0794. The zero-order valence-electron chi connectivity index (χ0n) is 6.26. The maximum atomic E-state index is 9.12. The van der Waals surface area contributed by atoms with E-state index in [2.05, 4.69) is 4.98 Å². The van der Waals surface area contributed by atoms with E-state index in [1.165, 1.54) is 13.3 Å². The minimum Gasteiger partial charge on any atom is -0.506 e. The summed E-state index contributed by atoms with van der Waals surface area (Å²) in [7, 11) is 1.48. The van der Waals surface area contributed by atoms with Crippen LogP contribution < -0.4 is 4.74 Å². The Balaban J connectivity index is 3.25. The highest BCUT2D eigenvalue weighted by Crippen LogP contribution is 2.30. The van der Waals surface area contributed by atoms with Gasteiger partial charge in [0.1, 0.15) is 10.8 Å². The third kappa shape index (κ3) is 1.38. The van der Waals surface area contributed by atoms with E-state index in [1.807, 2.05) is 0 Å². The van der Waals surface area contributed by atoms with E-state index < -0.39 is 0 Å². The van der Waals surface area contributed by atoms with Crippen LogP contribution in [0.2, 0.25) is 5.02 Å². The van der Waals surface area contributed by atoms with Crippen molar-refractivity contribution in [1.82, 2.24) is 4.98 Å². The third-order valence-corrected chi connectivity index (χ3v) is 1.84. The van der Waals surface area contributed by atoms with Crippen LogP contribution >= 0.6 is 11.6 Å². The van der Waals surface area contributed by atoms with Gasteiger partial charge in [-0.3, -0.25) is 0 Å². The normalized spacial score (nSPS) is 9.73. The number of ether oxygens (including phenoxy) is 1. The van der Waals surface area contributed by atoms with Crippen LogP contribution in [0, 0.1) is 6.92 Å². The fourth-order valence-corrected chi connectivity index (χ4v) is 0.911. The average Bonchev–Trinajstić information content (AvgIpc) is 2.01. The molecule has 1 aromatic rings. The van der Waals surface area contributed by atoms with Gasteiger partial charge in [-0.05, 0) is 6.92 Å². The van der Waals surface area contributed by atoms with E-state index in [0.717, 1.165) is 0 Å². The molecule has 0 saturated heterocycles. The van der Waals surface area contributed by atoms with Gasteiger partial charge in [-0.1, -0.05) is 11.6 Å². The van der Waals surface area contributed by atoms with E-state index in [9.17, 15) is 0 Å². The molecule has 0 radical (unpaired) electrons. The van der Waals surface area contributed by atoms with Crippen LogP contribution in [-0.4, -0.2) is 17.2 Å². The topological polar surface area (TPSA) is 42.4 Å². The maximum Gasteiger partial charge on any atom is 0.232 e. The van der Waals surface area contributed by atoms with Gasteiger partial charge in [0.15, 0.2) is 0 Å². The molecule has 0 unspecified atom stereocenters. The van der Waals surface area contributed by atoms with E-state index in [1.54, 1.807) is 6.92 Å². The molecule has 60 valence electrons. The molecule has 0 spiro atoms. The van der Waals surface area contributed by atoms with Crippen LogP contribution in [0.1, 0.15) is 5.56 Å². The van der Waals surface area contributed by atoms with Gasteiger partial charge in [0.2, 0.25) is 5.88 Å². The first-order valence-corrected chi connectivity index (χ1v) is 3.42. The second kappa shape index (κ2) is 2.96. The Bertz CT molecular complexity index is 275. The van der Waals surface area contributed by atoms with Gasteiger partial charge in [0, 0.05) is 5.56 Å². The number of hydrogen-bond donors (Lipinski definition) is 1. The van der Waals surface area contributed by atoms with Crippen molar-refractivity contribution in [3.8, 4) is 11.6 Å². The first-order chi connectivity index (χ1) is 5.16. The van der Waals surface area contributed by atoms with Crippen molar-refractivity contribution in [2.24, 2.45) is 0 Å². The zero-order valence-corrected chi connectivity index (χ0v) is 7.01. The Morgan fingerprint density at radius 1 is 1.64 bits per heavy atom. The molecule has 11 heavy (non-hydrogen) atoms. The molecule has 0 bridgehead atoms. The summed E-state index contributed by atoms with van der Waals surface area (Å²) >= 11 is 5.75. The van der Waals surface area contributed by atoms with Gasteiger partial charge in [0.05, 0.1) is 13.3 Å². The Labute approximate surface area is 69.6 Å². The van der Waals surface area contributed by atoms with E-state index in [0.29, 0.717) is 16.5 Å². The lowest BCUT2D eigenvalue weighted by atomic mass is 10.3. The van der Waals surface area contributed by atoms with Crippen molar-refractivity contribution in [3.63, 3.8) is 0 Å². The third-order valence-electron chi connectivity index (χ3n) is 1.40. The molecule has 3 nitrogen and oxygen atoms in total. The summed E-state index contributed by atoms with van der Waals surface area (Å²) in [6.45, 7) is 1.70. The molecule has 0 amide bonds. The second-order valence-electron chi connectivity index (χ2n) is 2.09. The number of methoxy groups -OCH3 is 1. The molecule has 0 fully saturated rings. The summed E-state index contributed by atoms with van der Waals surface area (Å²) in [6, 6.07) is 0. The molecule has 4 heteroatoms. The molecule has 1 aromatic heterocycles. The van der Waals surface area contributed by atoms with Crippen molar-refractivity contribution >= 4 is 11.6 Å². The monoisotopic (exact) mass is 173 g/mol.